The largest absolute Gasteiger partial charge is 0.352 e. The number of rotatable bonds is 3. The van der Waals surface area contributed by atoms with Gasteiger partial charge in [0.2, 0.25) is 11.9 Å². The van der Waals surface area contributed by atoms with Crippen molar-refractivity contribution in [3.05, 3.63) is 65.6 Å². The van der Waals surface area contributed by atoms with Crippen LogP contribution in [0.15, 0.2) is 48.8 Å². The maximum absolute atomic E-state index is 4.94. The van der Waals surface area contributed by atoms with Crippen LogP contribution in [0.3, 0.4) is 0 Å². The van der Waals surface area contributed by atoms with E-state index in [9.17, 15) is 0 Å². The fourth-order valence-corrected chi connectivity index (χ4v) is 4.09. The van der Waals surface area contributed by atoms with Gasteiger partial charge in [-0.15, -0.1) is 0 Å². The first-order valence-corrected chi connectivity index (χ1v) is 10.2. The summed E-state index contributed by atoms with van der Waals surface area (Å²) in [4.78, 5) is 25.3. The van der Waals surface area contributed by atoms with Crippen LogP contribution in [-0.2, 0) is 13.0 Å². The Bertz CT molecular complexity index is 983. The molecule has 7 nitrogen and oxygen atoms in total. The summed E-state index contributed by atoms with van der Waals surface area (Å²) in [6.45, 7) is 7.42. The fourth-order valence-electron chi connectivity index (χ4n) is 4.09. The lowest BCUT2D eigenvalue weighted by atomic mass is 10.00. The molecular weight excluding hydrogens is 362 g/mol. The van der Waals surface area contributed by atoms with Crippen molar-refractivity contribution in [1.29, 1.82) is 0 Å². The number of anilines is 3. The van der Waals surface area contributed by atoms with Gasteiger partial charge in [-0.2, -0.15) is 4.98 Å². The molecule has 0 radical (unpaired) electrons. The van der Waals surface area contributed by atoms with Gasteiger partial charge >= 0.3 is 0 Å². The van der Waals surface area contributed by atoms with E-state index in [1.54, 1.807) is 12.4 Å². The Labute approximate surface area is 171 Å². The van der Waals surface area contributed by atoms with Crippen molar-refractivity contribution in [3.8, 4) is 0 Å². The molecule has 0 amide bonds. The molecule has 1 aromatic carbocycles. The number of aromatic nitrogens is 4. The number of piperazine rings is 1. The highest BCUT2D eigenvalue weighted by molar-refractivity contribution is 5.49. The van der Waals surface area contributed by atoms with Gasteiger partial charge in [0, 0.05) is 63.4 Å². The molecule has 7 heteroatoms. The average Bonchev–Trinajstić information content (AvgIpc) is 2.79. The molecule has 0 atom stereocenters. The highest BCUT2D eigenvalue weighted by atomic mass is 15.4. The van der Waals surface area contributed by atoms with E-state index in [0.717, 1.165) is 69.1 Å². The van der Waals surface area contributed by atoms with E-state index in [-0.39, 0.29) is 0 Å². The third-order valence-electron chi connectivity index (χ3n) is 5.68. The zero-order valence-corrected chi connectivity index (χ0v) is 16.7. The Balaban J connectivity index is 1.32. The molecule has 0 saturated carbocycles. The normalized spacial score (nSPS) is 16.7. The Morgan fingerprint density at radius 1 is 0.724 bits per heavy atom. The SMILES string of the molecule is Cc1cc(N2CCc3ccccc3C2)nc(N2CCN(c3ncccn3)CC2)n1. The average molecular weight is 387 g/mol. The van der Waals surface area contributed by atoms with Crippen LogP contribution in [0.1, 0.15) is 16.8 Å². The van der Waals surface area contributed by atoms with Gasteiger partial charge in [0.05, 0.1) is 0 Å². The summed E-state index contributed by atoms with van der Waals surface area (Å²) < 4.78 is 0. The zero-order chi connectivity index (χ0) is 19.6. The Kier molecular flexibility index (Phi) is 4.71. The molecule has 0 spiro atoms. The number of benzene rings is 1. The van der Waals surface area contributed by atoms with E-state index in [4.69, 9.17) is 9.97 Å². The van der Waals surface area contributed by atoms with E-state index in [1.807, 2.05) is 6.07 Å². The van der Waals surface area contributed by atoms with Crippen LogP contribution in [0.4, 0.5) is 17.7 Å². The second kappa shape index (κ2) is 7.66. The molecule has 3 aromatic rings. The third kappa shape index (κ3) is 3.72. The molecule has 5 rings (SSSR count). The lowest BCUT2D eigenvalue weighted by molar-refractivity contribution is 0.625. The Morgan fingerprint density at radius 2 is 1.41 bits per heavy atom. The topological polar surface area (TPSA) is 61.3 Å². The molecular formula is C22H25N7. The predicted octanol–water partition coefficient (Wildman–Crippen LogP) is 2.46. The third-order valence-corrected chi connectivity index (χ3v) is 5.68. The first-order valence-electron chi connectivity index (χ1n) is 10.2. The smallest absolute Gasteiger partial charge is 0.227 e. The molecule has 0 unspecified atom stereocenters. The van der Waals surface area contributed by atoms with Crippen LogP contribution in [0, 0.1) is 6.92 Å². The van der Waals surface area contributed by atoms with Gasteiger partial charge in [-0.05, 0) is 30.5 Å². The summed E-state index contributed by atoms with van der Waals surface area (Å²) in [5, 5.41) is 0. The highest BCUT2D eigenvalue weighted by Gasteiger charge is 2.23. The molecule has 1 fully saturated rings. The minimum absolute atomic E-state index is 0.796. The molecule has 29 heavy (non-hydrogen) atoms. The molecule has 1 saturated heterocycles. The summed E-state index contributed by atoms with van der Waals surface area (Å²) in [7, 11) is 0. The van der Waals surface area contributed by atoms with Crippen molar-refractivity contribution < 1.29 is 0 Å². The molecule has 0 bridgehead atoms. The van der Waals surface area contributed by atoms with Crippen LogP contribution in [-0.4, -0.2) is 52.7 Å². The van der Waals surface area contributed by atoms with E-state index >= 15 is 0 Å². The Morgan fingerprint density at radius 3 is 2.17 bits per heavy atom. The van der Waals surface area contributed by atoms with Gasteiger partial charge in [-0.3, -0.25) is 0 Å². The molecule has 0 aliphatic carbocycles. The van der Waals surface area contributed by atoms with E-state index in [0.29, 0.717) is 0 Å². The van der Waals surface area contributed by atoms with Crippen LogP contribution < -0.4 is 14.7 Å². The second-order valence-electron chi connectivity index (χ2n) is 7.63. The van der Waals surface area contributed by atoms with Crippen LogP contribution in [0.25, 0.3) is 0 Å². The quantitative estimate of drug-likeness (QED) is 0.684. The minimum Gasteiger partial charge on any atom is -0.352 e. The summed E-state index contributed by atoms with van der Waals surface area (Å²) >= 11 is 0. The lowest BCUT2D eigenvalue weighted by Gasteiger charge is -2.35. The first kappa shape index (κ1) is 17.8. The Hall–Kier alpha value is -3.22. The van der Waals surface area contributed by atoms with Crippen LogP contribution in [0.2, 0.25) is 0 Å². The second-order valence-corrected chi connectivity index (χ2v) is 7.63. The number of nitrogens with zero attached hydrogens (tertiary/aromatic N) is 7. The van der Waals surface area contributed by atoms with Crippen molar-refractivity contribution in [1.82, 2.24) is 19.9 Å². The van der Waals surface area contributed by atoms with E-state index in [1.165, 1.54) is 11.1 Å². The van der Waals surface area contributed by atoms with Crippen molar-refractivity contribution in [2.45, 2.75) is 19.9 Å². The van der Waals surface area contributed by atoms with Crippen molar-refractivity contribution in [2.75, 3.05) is 47.4 Å². The van der Waals surface area contributed by atoms with Gasteiger partial charge < -0.3 is 14.7 Å². The van der Waals surface area contributed by atoms with Gasteiger partial charge in [-0.1, -0.05) is 24.3 Å². The van der Waals surface area contributed by atoms with Crippen molar-refractivity contribution in [2.24, 2.45) is 0 Å². The van der Waals surface area contributed by atoms with Gasteiger partial charge in [-0.25, -0.2) is 15.0 Å². The summed E-state index contributed by atoms with van der Waals surface area (Å²) in [6, 6.07) is 12.7. The number of aryl methyl sites for hydroxylation is 1. The monoisotopic (exact) mass is 387 g/mol. The summed E-state index contributed by atoms with van der Waals surface area (Å²) in [6.07, 6.45) is 4.65. The summed E-state index contributed by atoms with van der Waals surface area (Å²) in [5.41, 5.74) is 3.86. The molecule has 2 aliphatic rings. The minimum atomic E-state index is 0.796. The molecule has 2 aliphatic heterocycles. The number of fused-ring (bicyclic) bond motifs is 1. The number of hydrogen-bond donors (Lipinski definition) is 0. The lowest BCUT2D eigenvalue weighted by Crippen LogP contribution is -2.47. The number of hydrogen-bond acceptors (Lipinski definition) is 7. The molecule has 4 heterocycles. The molecule has 148 valence electrons. The van der Waals surface area contributed by atoms with Crippen LogP contribution >= 0.6 is 0 Å². The predicted molar refractivity (Wildman–Crippen MR) is 114 cm³/mol. The van der Waals surface area contributed by atoms with Crippen LogP contribution in [0.5, 0.6) is 0 Å². The van der Waals surface area contributed by atoms with E-state index in [2.05, 4.69) is 61.9 Å². The molecule has 2 aromatic heterocycles. The summed E-state index contributed by atoms with van der Waals surface area (Å²) in [5.74, 6) is 2.65. The highest BCUT2D eigenvalue weighted by Crippen LogP contribution is 2.25. The van der Waals surface area contributed by atoms with Crippen molar-refractivity contribution in [3.63, 3.8) is 0 Å². The maximum Gasteiger partial charge on any atom is 0.227 e. The van der Waals surface area contributed by atoms with Gasteiger partial charge in [0.15, 0.2) is 0 Å². The van der Waals surface area contributed by atoms with E-state index < -0.39 is 0 Å². The van der Waals surface area contributed by atoms with Gasteiger partial charge in [0.25, 0.3) is 0 Å². The standard InChI is InChI=1S/C22H25N7/c1-17-15-20(29-10-7-18-5-2-3-6-19(18)16-29)26-22(25-17)28-13-11-27(12-14-28)21-23-8-4-9-24-21/h2-6,8-9,15H,7,10-14,16H2,1H3. The molecule has 0 N–H and O–H groups in total. The zero-order valence-electron chi connectivity index (χ0n) is 16.7. The van der Waals surface area contributed by atoms with Gasteiger partial charge in [0.1, 0.15) is 5.82 Å². The first-order chi connectivity index (χ1) is 14.3. The van der Waals surface area contributed by atoms with Crippen molar-refractivity contribution >= 4 is 17.7 Å². The fraction of sp³-hybridized carbons (Fsp3) is 0.364. The maximum atomic E-state index is 4.94.